The van der Waals surface area contributed by atoms with E-state index in [9.17, 15) is 4.57 Å². The second kappa shape index (κ2) is 10.1. The average Bonchev–Trinajstić information content (AvgIpc) is 2.39. The molecule has 1 rings (SSSR count). The van der Waals surface area contributed by atoms with Crippen molar-refractivity contribution in [3.8, 4) is 5.75 Å². The molecule has 1 atom stereocenters. The minimum Gasteiger partial charge on any atom is -0.426 e. The average molecular weight is 284 g/mol. The minimum absolute atomic E-state index is 0.467. The van der Waals surface area contributed by atoms with E-state index in [4.69, 9.17) is 9.42 Å². The van der Waals surface area contributed by atoms with E-state index in [1.165, 1.54) is 50.5 Å². The number of rotatable bonds is 10. The molecule has 0 aliphatic heterocycles. The Balaban J connectivity index is 2.14. The first kappa shape index (κ1) is 16.3. The molecule has 0 amide bonds. The van der Waals surface area contributed by atoms with E-state index in [0.717, 1.165) is 6.42 Å². The summed E-state index contributed by atoms with van der Waals surface area (Å²) in [4.78, 5) is 8.66. The van der Waals surface area contributed by atoms with E-state index in [1.54, 1.807) is 12.1 Å². The second-order valence-electron chi connectivity index (χ2n) is 4.88. The lowest BCUT2D eigenvalue weighted by Crippen LogP contribution is -1.87. The largest absolute Gasteiger partial charge is 0.426 e. The zero-order chi connectivity index (χ0) is 13.9. The summed E-state index contributed by atoms with van der Waals surface area (Å²) in [5.41, 5.74) is 1.26. The van der Waals surface area contributed by atoms with E-state index in [1.807, 2.05) is 12.1 Å². The molecule has 0 aliphatic carbocycles. The summed E-state index contributed by atoms with van der Waals surface area (Å²) in [6, 6.07) is 7.46. The van der Waals surface area contributed by atoms with Crippen molar-refractivity contribution in [3.05, 3.63) is 29.8 Å². The molecule has 1 N–H and O–H groups in total. The van der Waals surface area contributed by atoms with Crippen molar-refractivity contribution >= 4 is 8.25 Å². The fourth-order valence-corrected chi connectivity index (χ4v) is 2.45. The third kappa shape index (κ3) is 8.07. The summed E-state index contributed by atoms with van der Waals surface area (Å²) in [5.74, 6) is 0.467. The lowest BCUT2D eigenvalue weighted by molar-refractivity contribution is 0.410. The molecule has 0 bridgehead atoms. The van der Waals surface area contributed by atoms with Gasteiger partial charge in [0.2, 0.25) is 0 Å². The molecule has 1 aromatic rings. The van der Waals surface area contributed by atoms with Gasteiger partial charge in [-0.2, -0.15) is 0 Å². The minimum atomic E-state index is -2.88. The molecule has 108 valence electrons. The molecular formula is C15H25O3P. The first-order valence-electron chi connectivity index (χ1n) is 7.22. The Hall–Kier alpha value is -0.790. The van der Waals surface area contributed by atoms with Gasteiger partial charge in [-0.05, 0) is 30.5 Å². The van der Waals surface area contributed by atoms with Crippen LogP contribution in [0.3, 0.4) is 0 Å². The zero-order valence-corrected chi connectivity index (χ0v) is 12.7. The van der Waals surface area contributed by atoms with Crippen LogP contribution in [-0.4, -0.2) is 4.89 Å². The molecular weight excluding hydrogens is 259 g/mol. The summed E-state index contributed by atoms with van der Waals surface area (Å²) in [6.45, 7) is 2.24. The smallest absolute Gasteiger partial charge is 0.365 e. The van der Waals surface area contributed by atoms with Gasteiger partial charge in [0.25, 0.3) is 0 Å². The molecule has 0 radical (unpaired) electrons. The normalized spacial score (nSPS) is 12.3. The number of benzene rings is 1. The predicted molar refractivity (Wildman–Crippen MR) is 80.0 cm³/mol. The Morgan fingerprint density at radius 1 is 1.00 bits per heavy atom. The number of unbranched alkanes of at least 4 members (excludes halogenated alkanes) is 6. The zero-order valence-electron chi connectivity index (χ0n) is 11.7. The maximum atomic E-state index is 10.5. The van der Waals surface area contributed by atoms with Crippen LogP contribution in [0.25, 0.3) is 0 Å². The molecule has 0 heterocycles. The van der Waals surface area contributed by atoms with Crippen LogP contribution in [0.4, 0.5) is 0 Å². The Bertz CT molecular complexity index is 362. The predicted octanol–water partition coefficient (Wildman–Crippen LogP) is 4.74. The Morgan fingerprint density at radius 2 is 1.58 bits per heavy atom. The molecule has 0 saturated heterocycles. The summed E-state index contributed by atoms with van der Waals surface area (Å²) < 4.78 is 15.3. The van der Waals surface area contributed by atoms with Crippen molar-refractivity contribution in [3.63, 3.8) is 0 Å². The van der Waals surface area contributed by atoms with Gasteiger partial charge in [-0.1, -0.05) is 57.6 Å². The summed E-state index contributed by atoms with van der Waals surface area (Å²) in [5, 5.41) is 0. The summed E-state index contributed by atoms with van der Waals surface area (Å²) >= 11 is 0. The molecule has 1 unspecified atom stereocenters. The molecule has 0 saturated carbocycles. The highest BCUT2D eigenvalue weighted by Crippen LogP contribution is 2.23. The Labute approximate surface area is 117 Å². The molecule has 0 spiro atoms. The first-order valence-corrected chi connectivity index (χ1v) is 8.48. The fourth-order valence-electron chi connectivity index (χ4n) is 2.11. The van der Waals surface area contributed by atoms with Crippen molar-refractivity contribution in [1.82, 2.24) is 0 Å². The maximum absolute atomic E-state index is 10.5. The molecule has 0 aromatic heterocycles. The lowest BCUT2D eigenvalue weighted by Gasteiger charge is -2.04. The van der Waals surface area contributed by atoms with Crippen LogP contribution in [0.15, 0.2) is 24.3 Å². The van der Waals surface area contributed by atoms with Crippen LogP contribution in [-0.2, 0) is 11.0 Å². The van der Waals surface area contributed by atoms with Gasteiger partial charge < -0.3 is 9.42 Å². The molecule has 19 heavy (non-hydrogen) atoms. The molecule has 0 fully saturated rings. The van der Waals surface area contributed by atoms with E-state index >= 15 is 0 Å². The van der Waals surface area contributed by atoms with Gasteiger partial charge in [0.1, 0.15) is 5.75 Å². The lowest BCUT2D eigenvalue weighted by atomic mass is 10.0. The summed E-state index contributed by atoms with van der Waals surface area (Å²) in [6.07, 6.45) is 10.3. The highest BCUT2D eigenvalue weighted by molar-refractivity contribution is 7.32. The van der Waals surface area contributed by atoms with Gasteiger partial charge in [0.05, 0.1) is 0 Å². The van der Waals surface area contributed by atoms with E-state index in [-0.39, 0.29) is 0 Å². The van der Waals surface area contributed by atoms with Crippen LogP contribution in [0, 0.1) is 0 Å². The highest BCUT2D eigenvalue weighted by atomic mass is 31.1. The van der Waals surface area contributed by atoms with Crippen LogP contribution >= 0.6 is 8.25 Å². The van der Waals surface area contributed by atoms with Gasteiger partial charge in [0.15, 0.2) is 0 Å². The molecule has 3 nitrogen and oxygen atoms in total. The Morgan fingerprint density at radius 3 is 2.16 bits per heavy atom. The maximum Gasteiger partial charge on any atom is 0.365 e. The first-order chi connectivity index (χ1) is 9.22. The Kier molecular flexibility index (Phi) is 8.61. The summed E-state index contributed by atoms with van der Waals surface area (Å²) in [7, 11) is -2.88. The van der Waals surface area contributed by atoms with Gasteiger partial charge in [-0.25, -0.2) is 4.57 Å². The molecule has 4 heteroatoms. The van der Waals surface area contributed by atoms with Crippen LogP contribution in [0.2, 0.25) is 0 Å². The number of aryl methyl sites for hydroxylation is 1. The highest BCUT2D eigenvalue weighted by Gasteiger charge is 1.98. The quantitative estimate of drug-likeness (QED) is 0.498. The molecule has 1 aromatic carbocycles. The van der Waals surface area contributed by atoms with Gasteiger partial charge in [-0.3, -0.25) is 0 Å². The third-order valence-corrected chi connectivity index (χ3v) is 3.61. The molecule has 0 aliphatic rings. The van der Waals surface area contributed by atoms with Crippen molar-refractivity contribution in [2.24, 2.45) is 0 Å². The monoisotopic (exact) mass is 284 g/mol. The van der Waals surface area contributed by atoms with Gasteiger partial charge >= 0.3 is 8.25 Å². The van der Waals surface area contributed by atoms with Crippen molar-refractivity contribution < 1.29 is 14.0 Å². The van der Waals surface area contributed by atoms with Crippen LogP contribution < -0.4 is 4.52 Å². The van der Waals surface area contributed by atoms with E-state index in [0.29, 0.717) is 5.75 Å². The van der Waals surface area contributed by atoms with Crippen molar-refractivity contribution in [1.29, 1.82) is 0 Å². The standard InChI is InChI=1S/C15H25O3P/c1-2-3-4-5-6-7-8-9-14-10-12-15(13-11-14)18-19(16)17/h10-13,19H,2-9H2,1H3,(H,16,17). The third-order valence-electron chi connectivity index (χ3n) is 3.20. The van der Waals surface area contributed by atoms with Crippen molar-refractivity contribution in [2.75, 3.05) is 0 Å². The van der Waals surface area contributed by atoms with Crippen LogP contribution in [0.1, 0.15) is 57.4 Å². The van der Waals surface area contributed by atoms with E-state index in [2.05, 4.69) is 6.92 Å². The number of hydrogen-bond donors (Lipinski definition) is 1. The topological polar surface area (TPSA) is 46.5 Å². The number of hydrogen-bond acceptors (Lipinski definition) is 2. The second-order valence-corrected chi connectivity index (χ2v) is 5.62. The van der Waals surface area contributed by atoms with Gasteiger partial charge in [0, 0.05) is 0 Å². The van der Waals surface area contributed by atoms with Crippen LogP contribution in [0.5, 0.6) is 5.75 Å². The van der Waals surface area contributed by atoms with E-state index < -0.39 is 8.25 Å². The van der Waals surface area contributed by atoms with Gasteiger partial charge in [-0.15, -0.1) is 0 Å². The fraction of sp³-hybridized carbons (Fsp3) is 0.600. The SMILES string of the molecule is CCCCCCCCCc1ccc(O[PH](=O)O)cc1. The van der Waals surface area contributed by atoms with Crippen molar-refractivity contribution in [2.45, 2.75) is 58.3 Å².